The minimum absolute atomic E-state index is 0.309. The van der Waals surface area contributed by atoms with Crippen molar-refractivity contribution >= 4 is 5.96 Å². The second kappa shape index (κ2) is 8.12. The number of aliphatic imine (C=N–C) groups is 1. The van der Waals surface area contributed by atoms with Crippen molar-refractivity contribution in [3.05, 3.63) is 40.7 Å². The van der Waals surface area contributed by atoms with Crippen LogP contribution >= 0.6 is 0 Å². The van der Waals surface area contributed by atoms with Gasteiger partial charge in [0, 0.05) is 32.9 Å². The van der Waals surface area contributed by atoms with Crippen LogP contribution in [0.4, 0.5) is 0 Å². The smallest absolute Gasteiger partial charge is 0.231 e. The van der Waals surface area contributed by atoms with E-state index in [-0.39, 0.29) is 0 Å². The molecule has 0 atom stereocenters. The Hall–Kier alpha value is -2.70. The van der Waals surface area contributed by atoms with Gasteiger partial charge in [0.25, 0.3) is 0 Å². The molecule has 7 nitrogen and oxygen atoms in total. The maximum absolute atomic E-state index is 5.42. The maximum atomic E-state index is 5.42. The molecule has 140 valence electrons. The number of aromatic nitrogens is 2. The second-order valence-corrected chi connectivity index (χ2v) is 6.39. The summed E-state index contributed by atoms with van der Waals surface area (Å²) in [6.45, 7) is 6.08. The van der Waals surface area contributed by atoms with Crippen LogP contribution in [0.2, 0.25) is 0 Å². The van der Waals surface area contributed by atoms with Gasteiger partial charge in [0.05, 0.1) is 5.69 Å². The first kappa shape index (κ1) is 18.1. The number of aryl methyl sites for hydroxylation is 2. The SMILES string of the molecule is CN=C(NCCc1ccc2c(c1)OCO2)NCCc1c(C)nn(C)c1C. The fraction of sp³-hybridized carbons (Fsp3) is 0.474. The molecule has 26 heavy (non-hydrogen) atoms. The largest absolute Gasteiger partial charge is 0.454 e. The molecule has 0 radical (unpaired) electrons. The summed E-state index contributed by atoms with van der Waals surface area (Å²) in [5, 5.41) is 11.2. The van der Waals surface area contributed by atoms with Crippen LogP contribution in [0.3, 0.4) is 0 Å². The summed E-state index contributed by atoms with van der Waals surface area (Å²) in [7, 11) is 3.77. The minimum Gasteiger partial charge on any atom is -0.454 e. The highest BCUT2D eigenvalue weighted by Gasteiger charge is 2.13. The number of guanidine groups is 1. The molecule has 1 aliphatic rings. The molecule has 0 saturated carbocycles. The van der Waals surface area contributed by atoms with E-state index in [4.69, 9.17) is 9.47 Å². The Balaban J connectivity index is 1.43. The van der Waals surface area contributed by atoms with E-state index in [1.807, 2.05) is 23.9 Å². The highest BCUT2D eigenvalue weighted by Crippen LogP contribution is 2.32. The quantitative estimate of drug-likeness (QED) is 0.608. The highest BCUT2D eigenvalue weighted by atomic mass is 16.7. The van der Waals surface area contributed by atoms with Gasteiger partial charge in [-0.15, -0.1) is 0 Å². The zero-order valence-electron chi connectivity index (χ0n) is 15.9. The molecule has 0 aliphatic carbocycles. The van der Waals surface area contributed by atoms with E-state index in [2.05, 4.69) is 40.6 Å². The number of nitrogens with one attached hydrogen (secondary N) is 2. The van der Waals surface area contributed by atoms with E-state index < -0.39 is 0 Å². The number of ether oxygens (including phenoxy) is 2. The molecule has 1 aromatic heterocycles. The fourth-order valence-electron chi connectivity index (χ4n) is 3.13. The van der Waals surface area contributed by atoms with Gasteiger partial charge in [0.2, 0.25) is 6.79 Å². The zero-order chi connectivity index (χ0) is 18.5. The maximum Gasteiger partial charge on any atom is 0.231 e. The van der Waals surface area contributed by atoms with Gasteiger partial charge in [0.1, 0.15) is 0 Å². The lowest BCUT2D eigenvalue weighted by Gasteiger charge is -2.12. The van der Waals surface area contributed by atoms with Crippen molar-refractivity contribution in [2.45, 2.75) is 26.7 Å². The Kier molecular flexibility index (Phi) is 5.65. The van der Waals surface area contributed by atoms with Gasteiger partial charge in [-0.05, 0) is 49.9 Å². The van der Waals surface area contributed by atoms with E-state index in [0.717, 1.165) is 49.1 Å². The first-order chi connectivity index (χ1) is 12.6. The highest BCUT2D eigenvalue weighted by molar-refractivity contribution is 5.79. The minimum atomic E-state index is 0.309. The summed E-state index contributed by atoms with van der Waals surface area (Å²) in [5.74, 6) is 2.46. The summed E-state index contributed by atoms with van der Waals surface area (Å²) in [5.41, 5.74) is 4.82. The standard InChI is InChI=1S/C19H27N5O2/c1-13-16(14(2)24(4)23-13)8-10-22-19(20-3)21-9-7-15-5-6-17-18(11-15)26-12-25-17/h5-6,11H,7-10,12H2,1-4H3,(H2,20,21,22). The Bertz CT molecular complexity index is 797. The second-order valence-electron chi connectivity index (χ2n) is 6.39. The van der Waals surface area contributed by atoms with Crippen molar-refractivity contribution in [1.29, 1.82) is 0 Å². The molecule has 0 fully saturated rings. The average molecular weight is 357 g/mol. The van der Waals surface area contributed by atoms with Crippen LogP contribution in [0.15, 0.2) is 23.2 Å². The van der Waals surface area contributed by atoms with Crippen molar-refractivity contribution in [2.75, 3.05) is 26.9 Å². The van der Waals surface area contributed by atoms with Crippen molar-refractivity contribution in [2.24, 2.45) is 12.0 Å². The molecule has 2 aromatic rings. The van der Waals surface area contributed by atoms with Crippen molar-refractivity contribution in [1.82, 2.24) is 20.4 Å². The molecule has 0 unspecified atom stereocenters. The summed E-state index contributed by atoms with van der Waals surface area (Å²) < 4.78 is 12.7. The van der Waals surface area contributed by atoms with Gasteiger partial charge in [-0.3, -0.25) is 9.67 Å². The van der Waals surface area contributed by atoms with Gasteiger partial charge in [-0.25, -0.2) is 0 Å². The number of benzene rings is 1. The summed E-state index contributed by atoms with van der Waals surface area (Å²) in [4.78, 5) is 4.29. The Labute approximate surface area is 154 Å². The molecule has 2 heterocycles. The van der Waals surface area contributed by atoms with Crippen molar-refractivity contribution in [3.63, 3.8) is 0 Å². The van der Waals surface area contributed by atoms with E-state index in [0.29, 0.717) is 6.79 Å². The topological polar surface area (TPSA) is 72.7 Å². The fourth-order valence-corrected chi connectivity index (χ4v) is 3.13. The molecular formula is C19H27N5O2. The van der Waals surface area contributed by atoms with Gasteiger partial charge in [-0.2, -0.15) is 5.10 Å². The van der Waals surface area contributed by atoms with Crippen molar-refractivity contribution < 1.29 is 9.47 Å². The van der Waals surface area contributed by atoms with Gasteiger partial charge < -0.3 is 20.1 Å². The summed E-state index contributed by atoms with van der Waals surface area (Å²) in [6, 6.07) is 6.07. The van der Waals surface area contributed by atoms with E-state index >= 15 is 0 Å². The number of hydrogen-bond acceptors (Lipinski definition) is 4. The Morgan fingerprint density at radius 1 is 1.15 bits per heavy atom. The molecule has 0 bridgehead atoms. The Morgan fingerprint density at radius 2 is 1.88 bits per heavy atom. The van der Waals surface area contributed by atoms with Gasteiger partial charge in [-0.1, -0.05) is 6.07 Å². The van der Waals surface area contributed by atoms with Gasteiger partial charge >= 0.3 is 0 Å². The number of hydrogen-bond donors (Lipinski definition) is 2. The first-order valence-corrected chi connectivity index (χ1v) is 8.90. The molecule has 2 N–H and O–H groups in total. The third-order valence-corrected chi connectivity index (χ3v) is 4.69. The third kappa shape index (κ3) is 4.09. The van der Waals surface area contributed by atoms with Crippen LogP contribution in [0.1, 0.15) is 22.5 Å². The molecule has 1 aliphatic heterocycles. The van der Waals surface area contributed by atoms with Crippen LogP contribution in [-0.4, -0.2) is 42.7 Å². The lowest BCUT2D eigenvalue weighted by molar-refractivity contribution is 0.174. The third-order valence-electron chi connectivity index (χ3n) is 4.69. The molecule has 3 rings (SSSR count). The van der Waals surface area contributed by atoms with E-state index in [1.54, 1.807) is 7.05 Å². The normalized spacial score (nSPS) is 13.2. The molecule has 0 saturated heterocycles. The molecule has 7 heteroatoms. The van der Waals surface area contributed by atoms with Crippen LogP contribution in [0.25, 0.3) is 0 Å². The molecule has 0 amide bonds. The van der Waals surface area contributed by atoms with E-state index in [9.17, 15) is 0 Å². The summed E-state index contributed by atoms with van der Waals surface area (Å²) >= 11 is 0. The van der Waals surface area contributed by atoms with Crippen LogP contribution in [0.5, 0.6) is 11.5 Å². The molecule has 0 spiro atoms. The van der Waals surface area contributed by atoms with Crippen molar-refractivity contribution in [3.8, 4) is 11.5 Å². The Morgan fingerprint density at radius 3 is 2.58 bits per heavy atom. The molecule has 1 aromatic carbocycles. The predicted octanol–water partition coefficient (Wildman–Crippen LogP) is 1.72. The average Bonchev–Trinajstić information content (AvgIpc) is 3.19. The first-order valence-electron chi connectivity index (χ1n) is 8.90. The van der Waals surface area contributed by atoms with Crippen LogP contribution in [-0.2, 0) is 19.9 Å². The van der Waals surface area contributed by atoms with Crippen LogP contribution < -0.4 is 20.1 Å². The van der Waals surface area contributed by atoms with E-state index in [1.165, 1.54) is 16.8 Å². The molecular weight excluding hydrogens is 330 g/mol. The predicted molar refractivity (Wildman–Crippen MR) is 102 cm³/mol. The number of fused-ring (bicyclic) bond motifs is 1. The summed E-state index contributed by atoms with van der Waals surface area (Å²) in [6.07, 6.45) is 1.81. The van der Waals surface area contributed by atoms with Crippen LogP contribution in [0, 0.1) is 13.8 Å². The zero-order valence-corrected chi connectivity index (χ0v) is 15.9. The number of nitrogens with zero attached hydrogens (tertiary/aromatic N) is 3. The number of rotatable bonds is 6. The van der Waals surface area contributed by atoms with Gasteiger partial charge in [0.15, 0.2) is 17.5 Å². The lowest BCUT2D eigenvalue weighted by Crippen LogP contribution is -2.39. The lowest BCUT2D eigenvalue weighted by atomic mass is 10.1. The monoisotopic (exact) mass is 357 g/mol.